The Hall–Kier alpha value is -3.44. The van der Waals surface area contributed by atoms with E-state index >= 15 is 0 Å². The fourth-order valence-corrected chi connectivity index (χ4v) is 6.14. The van der Waals surface area contributed by atoms with Crippen molar-refractivity contribution in [2.24, 2.45) is 0 Å². The number of aromatic nitrogens is 1. The quantitative estimate of drug-likeness (QED) is 0.215. The van der Waals surface area contributed by atoms with Gasteiger partial charge in [-0.15, -0.1) is 11.3 Å². The van der Waals surface area contributed by atoms with Crippen molar-refractivity contribution in [2.75, 3.05) is 23.9 Å². The van der Waals surface area contributed by atoms with E-state index in [4.69, 9.17) is 4.98 Å². The Morgan fingerprint density at radius 2 is 1.59 bits per heavy atom. The lowest BCUT2D eigenvalue weighted by atomic mass is 9.82. The molecule has 0 amide bonds. The minimum absolute atomic E-state index is 0.700. The summed E-state index contributed by atoms with van der Waals surface area (Å²) < 4.78 is 0. The van der Waals surface area contributed by atoms with Crippen LogP contribution in [0, 0.1) is 0 Å². The van der Waals surface area contributed by atoms with Crippen LogP contribution in [0.1, 0.15) is 65.1 Å². The molecule has 0 spiro atoms. The number of hydrogen-bond donors (Lipinski definition) is 0. The molecule has 1 fully saturated rings. The Morgan fingerprint density at radius 3 is 2.32 bits per heavy atom. The van der Waals surface area contributed by atoms with Crippen LogP contribution in [0.3, 0.4) is 0 Å². The highest BCUT2D eigenvalue weighted by molar-refractivity contribution is 7.14. The first-order valence-electron chi connectivity index (χ1n) is 13.2. The summed E-state index contributed by atoms with van der Waals surface area (Å²) in [5.74, 6) is 0.716. The number of aldehydes is 1. The Bertz CT molecular complexity index is 1310. The molecule has 37 heavy (non-hydrogen) atoms. The van der Waals surface area contributed by atoms with Gasteiger partial charge in [0, 0.05) is 49.4 Å². The van der Waals surface area contributed by atoms with Gasteiger partial charge in [-0.3, -0.25) is 4.79 Å². The molecule has 1 heterocycles. The number of thiazole rings is 1. The van der Waals surface area contributed by atoms with E-state index in [1.54, 1.807) is 16.9 Å². The van der Waals surface area contributed by atoms with Crippen molar-refractivity contribution < 1.29 is 4.79 Å². The van der Waals surface area contributed by atoms with Gasteiger partial charge < -0.3 is 9.80 Å². The van der Waals surface area contributed by atoms with Crippen LogP contribution in [-0.2, 0) is 13.1 Å². The number of hydrogen-bond acceptors (Lipinski definition) is 5. The normalized spacial score (nSPS) is 13.9. The maximum atomic E-state index is 10.9. The van der Waals surface area contributed by atoms with Crippen LogP contribution in [0.2, 0.25) is 0 Å². The molecule has 0 radical (unpaired) electrons. The van der Waals surface area contributed by atoms with Crippen LogP contribution in [0.15, 0.2) is 78.2 Å². The van der Waals surface area contributed by atoms with E-state index in [1.807, 2.05) is 24.3 Å². The SMILES string of the molecule is CN(Cc1ccccc1C1CCCCC1)c1ccc(-c2csc(N(C)Cc3ccc(C=O)cc3)n2)cc1. The Morgan fingerprint density at radius 1 is 0.865 bits per heavy atom. The molecule has 190 valence electrons. The standard InChI is InChI=1S/C32H35N3OS/c1-34(21-28-10-6-7-11-30(28)26-8-4-3-5-9-26)29-18-16-27(17-19-29)31-23-37-32(33-31)35(2)20-24-12-14-25(22-36)15-13-24/h6-7,10-19,22-23,26H,3-5,8-9,20-21H2,1-2H3. The zero-order chi connectivity index (χ0) is 25.6. The van der Waals surface area contributed by atoms with Crippen LogP contribution < -0.4 is 9.80 Å². The molecule has 1 aliphatic carbocycles. The molecule has 0 atom stereocenters. The smallest absolute Gasteiger partial charge is 0.185 e. The fourth-order valence-electron chi connectivity index (χ4n) is 5.34. The van der Waals surface area contributed by atoms with Gasteiger partial charge in [0.25, 0.3) is 0 Å². The maximum absolute atomic E-state index is 10.9. The van der Waals surface area contributed by atoms with Crippen molar-refractivity contribution in [1.29, 1.82) is 0 Å². The summed E-state index contributed by atoms with van der Waals surface area (Å²) in [6.45, 7) is 1.67. The second-order valence-electron chi connectivity index (χ2n) is 10.2. The Balaban J connectivity index is 1.24. The number of carbonyl (C=O) groups is 1. The average Bonchev–Trinajstić information content (AvgIpc) is 3.45. The van der Waals surface area contributed by atoms with Crippen molar-refractivity contribution in [3.63, 3.8) is 0 Å². The molecular formula is C32H35N3OS. The van der Waals surface area contributed by atoms with Crippen LogP contribution >= 0.6 is 11.3 Å². The van der Waals surface area contributed by atoms with Gasteiger partial charge in [0.05, 0.1) is 5.69 Å². The van der Waals surface area contributed by atoms with Gasteiger partial charge in [-0.1, -0.05) is 79.9 Å². The topological polar surface area (TPSA) is 36.4 Å². The van der Waals surface area contributed by atoms with E-state index < -0.39 is 0 Å². The number of rotatable bonds is 9. The summed E-state index contributed by atoms with van der Waals surface area (Å²) in [5, 5.41) is 3.11. The monoisotopic (exact) mass is 509 g/mol. The van der Waals surface area contributed by atoms with Gasteiger partial charge in [-0.25, -0.2) is 4.98 Å². The first-order chi connectivity index (χ1) is 18.1. The number of anilines is 2. The summed E-state index contributed by atoms with van der Waals surface area (Å²) in [6, 6.07) is 25.5. The molecule has 4 nitrogen and oxygen atoms in total. The Labute approximate surface area is 224 Å². The van der Waals surface area contributed by atoms with Crippen LogP contribution in [-0.4, -0.2) is 25.4 Å². The van der Waals surface area contributed by atoms with E-state index in [0.717, 1.165) is 41.3 Å². The fraction of sp³-hybridized carbons (Fsp3) is 0.312. The van der Waals surface area contributed by atoms with Crippen molar-refractivity contribution in [2.45, 2.75) is 51.1 Å². The van der Waals surface area contributed by atoms with Crippen molar-refractivity contribution in [3.05, 3.63) is 100 Å². The van der Waals surface area contributed by atoms with Gasteiger partial charge in [-0.2, -0.15) is 0 Å². The number of nitrogens with zero attached hydrogens (tertiary/aromatic N) is 3. The third kappa shape index (κ3) is 6.11. The average molecular weight is 510 g/mol. The Kier molecular flexibility index (Phi) is 8.00. The molecular weight excluding hydrogens is 474 g/mol. The lowest BCUT2D eigenvalue weighted by molar-refractivity contribution is 0.112. The first-order valence-corrected chi connectivity index (χ1v) is 14.1. The third-order valence-corrected chi connectivity index (χ3v) is 8.42. The van der Waals surface area contributed by atoms with E-state index in [9.17, 15) is 4.79 Å². The van der Waals surface area contributed by atoms with E-state index in [1.165, 1.54) is 43.4 Å². The van der Waals surface area contributed by atoms with Crippen LogP contribution in [0.25, 0.3) is 11.3 Å². The lowest BCUT2D eigenvalue weighted by Gasteiger charge is -2.27. The largest absolute Gasteiger partial charge is 0.370 e. The van der Waals surface area contributed by atoms with Gasteiger partial charge in [-0.05, 0) is 47.6 Å². The van der Waals surface area contributed by atoms with Crippen molar-refractivity contribution in [1.82, 2.24) is 4.98 Å². The third-order valence-electron chi connectivity index (χ3n) is 7.47. The minimum atomic E-state index is 0.700. The predicted molar refractivity (Wildman–Crippen MR) is 156 cm³/mol. The van der Waals surface area contributed by atoms with Gasteiger partial charge in [0.15, 0.2) is 5.13 Å². The molecule has 4 aromatic rings. The summed E-state index contributed by atoms with van der Waals surface area (Å²) in [7, 11) is 4.24. The molecule has 5 heteroatoms. The molecule has 3 aromatic carbocycles. The summed E-state index contributed by atoms with van der Waals surface area (Å²) in [6.07, 6.45) is 7.63. The van der Waals surface area contributed by atoms with Gasteiger partial charge >= 0.3 is 0 Å². The highest BCUT2D eigenvalue weighted by Gasteiger charge is 2.19. The molecule has 5 rings (SSSR count). The van der Waals surface area contributed by atoms with E-state index in [0.29, 0.717) is 11.5 Å². The number of benzene rings is 3. The summed E-state index contributed by atoms with van der Waals surface area (Å²) in [4.78, 5) is 20.3. The highest BCUT2D eigenvalue weighted by Crippen LogP contribution is 2.35. The predicted octanol–water partition coefficient (Wildman–Crippen LogP) is 7.94. The molecule has 0 bridgehead atoms. The number of carbonyl (C=O) groups excluding carboxylic acids is 1. The molecule has 0 N–H and O–H groups in total. The van der Waals surface area contributed by atoms with Crippen molar-refractivity contribution >= 4 is 28.4 Å². The van der Waals surface area contributed by atoms with Crippen molar-refractivity contribution in [3.8, 4) is 11.3 Å². The minimum Gasteiger partial charge on any atom is -0.370 e. The van der Waals surface area contributed by atoms with Gasteiger partial charge in [0.1, 0.15) is 6.29 Å². The van der Waals surface area contributed by atoms with E-state index in [2.05, 4.69) is 77.8 Å². The zero-order valence-corrected chi connectivity index (χ0v) is 22.6. The molecule has 0 saturated heterocycles. The molecule has 1 aromatic heterocycles. The van der Waals surface area contributed by atoms with Crippen LogP contribution in [0.4, 0.5) is 10.8 Å². The maximum Gasteiger partial charge on any atom is 0.185 e. The zero-order valence-electron chi connectivity index (χ0n) is 21.8. The molecule has 1 aliphatic rings. The second-order valence-corrected chi connectivity index (χ2v) is 11.0. The van der Waals surface area contributed by atoms with Gasteiger partial charge in [0.2, 0.25) is 0 Å². The lowest BCUT2D eigenvalue weighted by Crippen LogP contribution is -2.18. The summed E-state index contributed by atoms with van der Waals surface area (Å²) >= 11 is 1.65. The highest BCUT2D eigenvalue weighted by atomic mass is 32.1. The molecule has 0 aliphatic heterocycles. The van der Waals surface area contributed by atoms with Crippen LogP contribution in [0.5, 0.6) is 0 Å². The molecule has 1 saturated carbocycles. The summed E-state index contributed by atoms with van der Waals surface area (Å²) in [5.41, 5.74) is 8.20. The van der Waals surface area contributed by atoms with E-state index in [-0.39, 0.29) is 0 Å². The first kappa shape index (κ1) is 25.2. The molecule has 0 unspecified atom stereocenters. The second kappa shape index (κ2) is 11.7.